The molecule has 0 atom stereocenters. The Kier molecular flexibility index (Phi) is 5.70. The molecule has 0 unspecified atom stereocenters. The van der Waals surface area contributed by atoms with E-state index in [2.05, 4.69) is 21.2 Å². The number of thiophene rings is 1. The molecule has 1 N–H and O–H groups in total. The van der Waals surface area contributed by atoms with E-state index in [-0.39, 0.29) is 5.91 Å². The second-order valence-corrected chi connectivity index (χ2v) is 8.86. The zero-order chi connectivity index (χ0) is 21.3. The van der Waals surface area contributed by atoms with Crippen molar-refractivity contribution in [2.75, 3.05) is 12.4 Å². The average Bonchev–Trinajstić information content (AvgIpc) is 3.08. The van der Waals surface area contributed by atoms with Crippen molar-refractivity contribution in [3.05, 3.63) is 87.2 Å². The molecule has 0 aliphatic heterocycles. The highest BCUT2D eigenvalue weighted by molar-refractivity contribution is 9.10. The molecular weight excluding hydrogens is 462 g/mol. The van der Waals surface area contributed by atoms with Gasteiger partial charge in [-0.25, -0.2) is 4.79 Å². The summed E-state index contributed by atoms with van der Waals surface area (Å²) >= 11 is 4.80. The molecule has 4 nitrogen and oxygen atoms in total. The van der Waals surface area contributed by atoms with Gasteiger partial charge < -0.3 is 10.1 Å². The molecule has 3 aromatic carbocycles. The zero-order valence-corrected chi connectivity index (χ0v) is 18.8. The van der Waals surface area contributed by atoms with Crippen LogP contribution in [0, 0.1) is 6.92 Å². The van der Waals surface area contributed by atoms with Crippen LogP contribution in [0.1, 0.15) is 25.6 Å². The minimum Gasteiger partial charge on any atom is -0.465 e. The summed E-state index contributed by atoms with van der Waals surface area (Å²) in [5.41, 5.74) is 2.58. The van der Waals surface area contributed by atoms with Gasteiger partial charge in [0.15, 0.2) is 0 Å². The summed E-state index contributed by atoms with van der Waals surface area (Å²) in [6.45, 7) is 1.93. The fourth-order valence-corrected chi connectivity index (χ4v) is 4.81. The molecular formula is C24H18BrNO3S. The lowest BCUT2D eigenvalue weighted by Crippen LogP contribution is -2.14. The number of carbonyl (C=O) groups excluding carboxylic acids is 2. The number of esters is 1. The van der Waals surface area contributed by atoms with E-state index in [1.54, 1.807) is 6.07 Å². The lowest BCUT2D eigenvalue weighted by molar-refractivity contribution is 0.0603. The van der Waals surface area contributed by atoms with Crippen LogP contribution < -0.4 is 5.32 Å². The third-order valence-corrected chi connectivity index (χ3v) is 6.42. The van der Waals surface area contributed by atoms with Crippen LogP contribution in [0.5, 0.6) is 0 Å². The van der Waals surface area contributed by atoms with Crippen LogP contribution in [0.3, 0.4) is 0 Å². The fourth-order valence-electron chi connectivity index (χ4n) is 3.49. The second kappa shape index (κ2) is 8.42. The van der Waals surface area contributed by atoms with Crippen molar-refractivity contribution in [3.8, 4) is 11.1 Å². The van der Waals surface area contributed by atoms with E-state index in [1.807, 2.05) is 67.6 Å². The first-order chi connectivity index (χ1) is 14.5. The number of fused-ring (bicyclic) bond motifs is 1. The number of methoxy groups -OCH3 is 1. The van der Waals surface area contributed by atoms with Crippen molar-refractivity contribution in [3.63, 3.8) is 0 Å². The molecule has 0 fully saturated rings. The monoisotopic (exact) mass is 479 g/mol. The minimum atomic E-state index is -0.481. The number of anilines is 1. The Hall–Kier alpha value is -2.96. The largest absolute Gasteiger partial charge is 0.465 e. The quantitative estimate of drug-likeness (QED) is 0.332. The van der Waals surface area contributed by atoms with E-state index in [0.717, 1.165) is 31.2 Å². The topological polar surface area (TPSA) is 55.4 Å². The van der Waals surface area contributed by atoms with Crippen molar-refractivity contribution in [1.82, 2.24) is 0 Å². The zero-order valence-electron chi connectivity index (χ0n) is 16.4. The van der Waals surface area contributed by atoms with Gasteiger partial charge in [-0.2, -0.15) is 0 Å². The van der Waals surface area contributed by atoms with E-state index in [1.165, 1.54) is 18.4 Å². The Morgan fingerprint density at radius 1 is 0.967 bits per heavy atom. The number of aryl methyl sites for hydroxylation is 1. The van der Waals surface area contributed by atoms with Crippen molar-refractivity contribution >= 4 is 54.9 Å². The normalized spacial score (nSPS) is 10.8. The molecule has 0 spiro atoms. The summed E-state index contributed by atoms with van der Waals surface area (Å²) in [6, 6.07) is 21.0. The lowest BCUT2D eigenvalue weighted by atomic mass is 10.0. The van der Waals surface area contributed by atoms with Crippen LogP contribution in [-0.4, -0.2) is 19.0 Å². The summed E-state index contributed by atoms with van der Waals surface area (Å²) < 4.78 is 5.99. The Balaban J connectivity index is 1.79. The van der Waals surface area contributed by atoms with Gasteiger partial charge in [0.1, 0.15) is 10.6 Å². The second-order valence-electron chi connectivity index (χ2n) is 6.72. The molecule has 4 rings (SSSR count). The highest BCUT2D eigenvalue weighted by Crippen LogP contribution is 2.41. The highest BCUT2D eigenvalue weighted by atomic mass is 79.9. The SMILES string of the molecule is COC(=O)c1c(NC(=O)c2cccc3ccccc23)sc(C)c1-c1ccc(Br)cc1. The first kappa shape index (κ1) is 20.3. The minimum absolute atomic E-state index is 0.263. The number of hydrogen-bond acceptors (Lipinski definition) is 4. The third-order valence-electron chi connectivity index (χ3n) is 4.87. The Morgan fingerprint density at radius 3 is 2.40 bits per heavy atom. The van der Waals surface area contributed by atoms with Crippen molar-refractivity contribution in [2.24, 2.45) is 0 Å². The van der Waals surface area contributed by atoms with Gasteiger partial charge in [0.05, 0.1) is 7.11 Å². The van der Waals surface area contributed by atoms with E-state index >= 15 is 0 Å². The van der Waals surface area contributed by atoms with Gasteiger partial charge in [0, 0.05) is 20.5 Å². The molecule has 1 aromatic heterocycles. The molecule has 4 aromatic rings. The molecule has 0 radical (unpaired) electrons. The number of amides is 1. The predicted octanol–water partition coefficient (Wildman–Crippen LogP) is 6.68. The standard InChI is InChI=1S/C24H18BrNO3S/c1-14-20(16-10-12-17(25)13-11-16)21(24(28)29-2)23(30-14)26-22(27)19-9-5-7-15-6-3-4-8-18(15)19/h3-13H,1-2H3,(H,26,27). The van der Waals surface area contributed by atoms with Gasteiger partial charge in [-0.15, -0.1) is 11.3 Å². The Morgan fingerprint density at radius 2 is 1.67 bits per heavy atom. The molecule has 0 aliphatic carbocycles. The summed E-state index contributed by atoms with van der Waals surface area (Å²) in [4.78, 5) is 26.7. The third kappa shape index (κ3) is 3.76. The molecule has 0 saturated carbocycles. The fraction of sp³-hybridized carbons (Fsp3) is 0.0833. The van der Waals surface area contributed by atoms with Gasteiger partial charge >= 0.3 is 5.97 Å². The summed E-state index contributed by atoms with van der Waals surface area (Å²) in [7, 11) is 1.34. The van der Waals surface area contributed by atoms with Gasteiger partial charge in [0.2, 0.25) is 0 Å². The molecule has 1 heterocycles. The van der Waals surface area contributed by atoms with E-state index < -0.39 is 5.97 Å². The van der Waals surface area contributed by atoms with Crippen LogP contribution in [0.25, 0.3) is 21.9 Å². The number of rotatable bonds is 4. The number of nitrogens with one attached hydrogen (secondary N) is 1. The molecule has 0 bridgehead atoms. The van der Waals surface area contributed by atoms with E-state index in [4.69, 9.17) is 4.74 Å². The summed E-state index contributed by atoms with van der Waals surface area (Å²) in [5.74, 6) is -0.744. The number of halogens is 1. The van der Waals surface area contributed by atoms with Gasteiger partial charge in [-0.1, -0.05) is 64.5 Å². The lowest BCUT2D eigenvalue weighted by Gasteiger charge is -2.10. The number of benzene rings is 3. The maximum Gasteiger partial charge on any atom is 0.341 e. The van der Waals surface area contributed by atoms with Crippen LogP contribution in [0.15, 0.2) is 71.2 Å². The predicted molar refractivity (Wildman–Crippen MR) is 125 cm³/mol. The van der Waals surface area contributed by atoms with Gasteiger partial charge in [-0.05, 0) is 41.5 Å². The van der Waals surface area contributed by atoms with Crippen molar-refractivity contribution in [2.45, 2.75) is 6.92 Å². The molecule has 0 saturated heterocycles. The molecule has 30 heavy (non-hydrogen) atoms. The number of carbonyl (C=O) groups is 2. The summed E-state index contributed by atoms with van der Waals surface area (Å²) in [5, 5.41) is 5.27. The molecule has 1 amide bonds. The van der Waals surface area contributed by atoms with Crippen molar-refractivity contribution < 1.29 is 14.3 Å². The molecule has 6 heteroatoms. The number of hydrogen-bond donors (Lipinski definition) is 1. The first-order valence-electron chi connectivity index (χ1n) is 9.26. The maximum absolute atomic E-state index is 13.1. The number of ether oxygens (including phenoxy) is 1. The van der Waals surface area contributed by atoms with Crippen LogP contribution >= 0.6 is 27.3 Å². The smallest absolute Gasteiger partial charge is 0.341 e. The highest BCUT2D eigenvalue weighted by Gasteiger charge is 2.25. The van der Waals surface area contributed by atoms with Crippen LogP contribution in [-0.2, 0) is 4.74 Å². The van der Waals surface area contributed by atoms with Crippen molar-refractivity contribution in [1.29, 1.82) is 0 Å². The summed E-state index contributed by atoms with van der Waals surface area (Å²) in [6.07, 6.45) is 0. The van der Waals surface area contributed by atoms with Crippen LogP contribution in [0.2, 0.25) is 0 Å². The van der Waals surface area contributed by atoms with E-state index in [0.29, 0.717) is 16.1 Å². The maximum atomic E-state index is 13.1. The average molecular weight is 480 g/mol. The molecule has 0 aliphatic rings. The molecule has 150 valence electrons. The van der Waals surface area contributed by atoms with E-state index in [9.17, 15) is 9.59 Å². The van der Waals surface area contributed by atoms with Crippen LogP contribution in [0.4, 0.5) is 5.00 Å². The Labute approximate surface area is 186 Å². The first-order valence-corrected chi connectivity index (χ1v) is 10.9. The van der Waals surface area contributed by atoms with Gasteiger partial charge in [-0.3, -0.25) is 4.79 Å². The van der Waals surface area contributed by atoms with Gasteiger partial charge in [0.25, 0.3) is 5.91 Å². The Bertz CT molecular complexity index is 1260.